The predicted molar refractivity (Wildman–Crippen MR) is 244 cm³/mol. The quantitative estimate of drug-likeness (QED) is 0.151. The van der Waals surface area contributed by atoms with E-state index in [1.54, 1.807) is 0 Å². The summed E-state index contributed by atoms with van der Waals surface area (Å²) in [6.45, 7) is 8.48. The molecule has 0 saturated carbocycles. The van der Waals surface area contributed by atoms with Gasteiger partial charge in [0.1, 0.15) is 0 Å². The second-order valence-electron chi connectivity index (χ2n) is 16.0. The van der Waals surface area contributed by atoms with E-state index in [0.29, 0.717) is 0 Å². The zero-order chi connectivity index (χ0) is 38.7. The van der Waals surface area contributed by atoms with Crippen molar-refractivity contribution in [2.75, 3.05) is 4.90 Å². The van der Waals surface area contributed by atoms with E-state index >= 15 is 0 Å². The van der Waals surface area contributed by atoms with Crippen LogP contribution < -0.4 is 10.4 Å². The number of thiophene rings is 1. The predicted octanol–water partition coefficient (Wildman–Crippen LogP) is 14.0. The van der Waals surface area contributed by atoms with E-state index in [4.69, 9.17) is 9.31 Å². The third-order valence-corrected chi connectivity index (χ3v) is 13.0. The highest BCUT2D eigenvalue weighted by Crippen LogP contribution is 2.49. The monoisotopic (exact) mass is 755 g/mol. The number of nitrogens with zero attached hydrogens (tertiary/aromatic N) is 1. The minimum atomic E-state index is -0.513. The molecule has 8 aromatic carbocycles. The number of anilines is 3. The van der Waals surface area contributed by atoms with Gasteiger partial charge < -0.3 is 14.2 Å². The SMILES string of the molecule is CC1(C)OB(c2cc(-c3ccccc3)cc(-c3cc(N(c4ccccc4)c4ccccc4)cc4c3sc3cc(-c5ccccc5)c5ccccc5c34)c2)OC1(C)C. The number of fused-ring (bicyclic) bond motifs is 5. The average molecular weight is 756 g/mol. The highest BCUT2D eigenvalue weighted by atomic mass is 32.1. The Morgan fingerprint density at radius 3 is 1.58 bits per heavy atom. The molecule has 1 saturated heterocycles. The molecule has 0 aliphatic carbocycles. The molecular formula is C52H42BNO2S. The van der Waals surface area contributed by atoms with Gasteiger partial charge in [-0.3, -0.25) is 0 Å². The van der Waals surface area contributed by atoms with Gasteiger partial charge in [0.2, 0.25) is 0 Å². The van der Waals surface area contributed by atoms with Gasteiger partial charge in [0.15, 0.2) is 0 Å². The molecule has 0 atom stereocenters. The van der Waals surface area contributed by atoms with Crippen molar-refractivity contribution in [2.24, 2.45) is 0 Å². The van der Waals surface area contributed by atoms with Crippen molar-refractivity contribution in [3.63, 3.8) is 0 Å². The van der Waals surface area contributed by atoms with Crippen molar-refractivity contribution in [1.29, 1.82) is 0 Å². The van der Waals surface area contributed by atoms with Crippen molar-refractivity contribution in [3.8, 4) is 33.4 Å². The lowest BCUT2D eigenvalue weighted by molar-refractivity contribution is 0.00578. The molecule has 0 unspecified atom stereocenters. The average Bonchev–Trinajstić information content (AvgIpc) is 3.73. The first kappa shape index (κ1) is 35.4. The lowest BCUT2D eigenvalue weighted by Crippen LogP contribution is -2.41. The second kappa shape index (κ2) is 13.9. The molecule has 0 N–H and O–H groups in total. The summed E-state index contributed by atoms with van der Waals surface area (Å²) < 4.78 is 15.9. The van der Waals surface area contributed by atoms with E-state index in [9.17, 15) is 0 Å². The molecule has 0 spiro atoms. The van der Waals surface area contributed by atoms with Crippen LogP contribution in [0.5, 0.6) is 0 Å². The summed E-state index contributed by atoms with van der Waals surface area (Å²) in [7, 11) is -0.513. The van der Waals surface area contributed by atoms with Crippen LogP contribution in [0.25, 0.3) is 64.3 Å². The number of para-hydroxylation sites is 2. The molecule has 3 nitrogen and oxygen atoms in total. The van der Waals surface area contributed by atoms with Crippen LogP contribution in [0, 0.1) is 0 Å². The zero-order valence-corrected chi connectivity index (χ0v) is 33.4. The third kappa shape index (κ3) is 6.24. The van der Waals surface area contributed by atoms with Gasteiger partial charge in [-0.1, -0.05) is 133 Å². The van der Waals surface area contributed by atoms with Gasteiger partial charge in [-0.25, -0.2) is 0 Å². The van der Waals surface area contributed by atoms with E-state index in [2.05, 4.69) is 215 Å². The number of rotatable bonds is 7. The van der Waals surface area contributed by atoms with Crippen LogP contribution in [0.2, 0.25) is 0 Å². The molecule has 0 radical (unpaired) electrons. The number of benzene rings is 8. The molecule has 1 aliphatic rings. The number of hydrogen-bond acceptors (Lipinski definition) is 4. The largest absolute Gasteiger partial charge is 0.494 e. The van der Waals surface area contributed by atoms with Gasteiger partial charge in [-0.2, -0.15) is 0 Å². The third-order valence-electron chi connectivity index (χ3n) is 11.8. The van der Waals surface area contributed by atoms with Gasteiger partial charge in [0.05, 0.1) is 11.2 Å². The van der Waals surface area contributed by atoms with Gasteiger partial charge in [-0.05, 0) is 120 Å². The Bertz CT molecular complexity index is 2850. The molecule has 10 rings (SSSR count). The molecule has 0 bridgehead atoms. The maximum absolute atomic E-state index is 6.72. The van der Waals surface area contributed by atoms with E-state index in [0.717, 1.165) is 39.2 Å². The fourth-order valence-corrected chi connectivity index (χ4v) is 9.52. The molecule has 1 aliphatic heterocycles. The fourth-order valence-electron chi connectivity index (χ4n) is 8.25. The van der Waals surface area contributed by atoms with Gasteiger partial charge >= 0.3 is 7.12 Å². The van der Waals surface area contributed by atoms with Crippen LogP contribution in [0.1, 0.15) is 27.7 Å². The van der Waals surface area contributed by atoms with E-state index in [1.165, 1.54) is 47.6 Å². The van der Waals surface area contributed by atoms with Gasteiger partial charge in [-0.15, -0.1) is 11.3 Å². The maximum Gasteiger partial charge on any atom is 0.494 e. The Labute approximate surface area is 338 Å². The highest BCUT2D eigenvalue weighted by molar-refractivity contribution is 7.26. The Balaban J connectivity index is 1.30. The van der Waals surface area contributed by atoms with E-state index in [-0.39, 0.29) is 0 Å². The smallest absolute Gasteiger partial charge is 0.399 e. The Hall–Kier alpha value is -5.98. The molecule has 1 fully saturated rings. The van der Waals surface area contributed by atoms with Gasteiger partial charge in [0, 0.05) is 42.8 Å². The molecular weight excluding hydrogens is 713 g/mol. The van der Waals surface area contributed by atoms with Crippen molar-refractivity contribution in [3.05, 3.63) is 182 Å². The van der Waals surface area contributed by atoms with E-state index < -0.39 is 18.3 Å². The Morgan fingerprint density at radius 2 is 0.965 bits per heavy atom. The van der Waals surface area contributed by atoms with Crippen molar-refractivity contribution in [2.45, 2.75) is 38.9 Å². The van der Waals surface area contributed by atoms with Gasteiger partial charge in [0.25, 0.3) is 0 Å². The highest BCUT2D eigenvalue weighted by Gasteiger charge is 2.51. The van der Waals surface area contributed by atoms with E-state index in [1.807, 2.05) is 11.3 Å². The minimum absolute atomic E-state index is 0.470. The summed E-state index contributed by atoms with van der Waals surface area (Å²) in [6.07, 6.45) is 0. The molecule has 9 aromatic rings. The topological polar surface area (TPSA) is 21.7 Å². The number of hydrogen-bond donors (Lipinski definition) is 0. The first-order chi connectivity index (χ1) is 27.7. The standard InChI is InChI=1S/C52H42BNO2S/c1-51(2)52(3,4)56-53(55-51)39-30-37(35-19-9-5-10-20-35)29-38(31-39)46-32-42(54(40-23-13-7-14-24-40)41-25-15-8-16-26-41)33-47-49-44-28-18-17-27-43(44)45(34-48(49)57-50(46)47)36-21-11-6-12-22-36/h5-34H,1-4H3. The Kier molecular flexibility index (Phi) is 8.64. The first-order valence-corrected chi connectivity index (χ1v) is 20.5. The molecule has 2 heterocycles. The molecule has 1 aromatic heterocycles. The van der Waals surface area contributed by atoms with Crippen LogP contribution in [-0.2, 0) is 9.31 Å². The maximum atomic E-state index is 6.72. The van der Waals surface area contributed by atoms with Crippen molar-refractivity contribution >= 4 is 71.9 Å². The summed E-state index contributed by atoms with van der Waals surface area (Å²) in [5.74, 6) is 0. The molecule has 276 valence electrons. The molecule has 57 heavy (non-hydrogen) atoms. The summed E-state index contributed by atoms with van der Waals surface area (Å²) in [5, 5.41) is 5.02. The Morgan fingerprint density at radius 1 is 0.439 bits per heavy atom. The van der Waals surface area contributed by atoms with Crippen molar-refractivity contribution in [1.82, 2.24) is 0 Å². The van der Waals surface area contributed by atoms with Crippen LogP contribution in [-0.4, -0.2) is 18.3 Å². The van der Waals surface area contributed by atoms with Crippen LogP contribution in [0.4, 0.5) is 17.1 Å². The molecule has 0 amide bonds. The van der Waals surface area contributed by atoms with Crippen molar-refractivity contribution < 1.29 is 9.31 Å². The minimum Gasteiger partial charge on any atom is -0.399 e. The fraction of sp³-hybridized carbons (Fsp3) is 0.115. The lowest BCUT2D eigenvalue weighted by Gasteiger charge is -2.32. The summed E-state index contributed by atoms with van der Waals surface area (Å²) in [6, 6.07) is 65.8. The summed E-state index contributed by atoms with van der Waals surface area (Å²) in [5.41, 5.74) is 10.4. The zero-order valence-electron chi connectivity index (χ0n) is 32.6. The normalized spacial score (nSPS) is 14.8. The second-order valence-corrected chi connectivity index (χ2v) is 17.0. The lowest BCUT2D eigenvalue weighted by atomic mass is 9.76. The summed E-state index contributed by atoms with van der Waals surface area (Å²) in [4.78, 5) is 2.38. The van der Waals surface area contributed by atoms with Crippen LogP contribution in [0.15, 0.2) is 182 Å². The summed E-state index contributed by atoms with van der Waals surface area (Å²) >= 11 is 1.88. The van der Waals surface area contributed by atoms with Crippen LogP contribution >= 0.6 is 11.3 Å². The van der Waals surface area contributed by atoms with Crippen LogP contribution in [0.3, 0.4) is 0 Å². The first-order valence-electron chi connectivity index (χ1n) is 19.7. The molecule has 5 heteroatoms.